The molecule has 0 aromatic rings. The maximum atomic E-state index is 5.85. The van der Waals surface area contributed by atoms with Crippen LogP contribution in [0.25, 0.3) is 0 Å². The normalized spacial score (nSPS) is 23.0. The second-order valence-corrected chi connectivity index (χ2v) is 7.49. The van der Waals surface area contributed by atoms with Gasteiger partial charge in [0.1, 0.15) is 0 Å². The first kappa shape index (κ1) is 17.2. The molecule has 0 saturated carbocycles. The summed E-state index contributed by atoms with van der Waals surface area (Å²) in [6.45, 7) is 13.7. The van der Waals surface area contributed by atoms with Crippen LogP contribution in [0.15, 0.2) is 0 Å². The van der Waals surface area contributed by atoms with E-state index in [2.05, 4.69) is 23.6 Å². The van der Waals surface area contributed by atoms with Gasteiger partial charge >= 0.3 is 0 Å². The van der Waals surface area contributed by atoms with Crippen LogP contribution in [0.5, 0.6) is 0 Å². The van der Waals surface area contributed by atoms with Gasteiger partial charge in [-0.1, -0.05) is 13.8 Å². The van der Waals surface area contributed by atoms with Crippen LogP contribution in [-0.4, -0.2) is 75.5 Å². The number of likely N-dealkylation sites (tertiary alicyclic amines) is 2. The van der Waals surface area contributed by atoms with Gasteiger partial charge < -0.3 is 19.3 Å². The zero-order chi connectivity index (χ0) is 15.1. The fourth-order valence-corrected chi connectivity index (χ4v) is 3.73. The van der Waals surface area contributed by atoms with E-state index < -0.39 is 0 Å². The molecule has 4 heteroatoms. The van der Waals surface area contributed by atoms with Gasteiger partial charge in [-0.05, 0) is 44.2 Å². The summed E-state index contributed by atoms with van der Waals surface area (Å²) in [6, 6.07) is 0. The van der Waals surface area contributed by atoms with E-state index in [9.17, 15) is 0 Å². The predicted octanol–water partition coefficient (Wildman–Crippen LogP) is 2.24. The van der Waals surface area contributed by atoms with Crippen molar-refractivity contribution in [1.29, 1.82) is 0 Å². The zero-order valence-corrected chi connectivity index (χ0v) is 14.3. The van der Waals surface area contributed by atoms with E-state index in [0.29, 0.717) is 18.1 Å². The number of methoxy groups -OCH3 is 1. The summed E-state index contributed by atoms with van der Waals surface area (Å²) >= 11 is 0. The Morgan fingerprint density at radius 3 is 2.05 bits per heavy atom. The largest absolute Gasteiger partial charge is 0.382 e. The molecule has 2 aliphatic heterocycles. The molecule has 0 unspecified atom stereocenters. The number of rotatable bonds is 8. The van der Waals surface area contributed by atoms with Crippen LogP contribution in [0.2, 0.25) is 0 Å². The third-order valence-corrected chi connectivity index (χ3v) is 4.68. The molecule has 2 fully saturated rings. The molecule has 0 atom stereocenters. The van der Waals surface area contributed by atoms with Crippen molar-refractivity contribution >= 4 is 0 Å². The third-order valence-electron chi connectivity index (χ3n) is 4.68. The van der Waals surface area contributed by atoms with Crippen molar-refractivity contribution in [1.82, 2.24) is 9.80 Å². The topological polar surface area (TPSA) is 24.9 Å². The Labute approximate surface area is 130 Å². The molecule has 2 aliphatic rings. The zero-order valence-electron chi connectivity index (χ0n) is 14.3. The van der Waals surface area contributed by atoms with Crippen molar-refractivity contribution in [2.24, 2.45) is 5.41 Å². The van der Waals surface area contributed by atoms with Crippen molar-refractivity contribution in [2.45, 2.75) is 45.6 Å². The molecule has 0 aromatic carbocycles. The van der Waals surface area contributed by atoms with Gasteiger partial charge in [0.2, 0.25) is 0 Å². The van der Waals surface area contributed by atoms with Gasteiger partial charge in [0.15, 0.2) is 0 Å². The Morgan fingerprint density at radius 2 is 1.48 bits per heavy atom. The highest BCUT2D eigenvalue weighted by molar-refractivity contribution is 4.82. The molecule has 0 amide bonds. The molecule has 0 radical (unpaired) electrons. The van der Waals surface area contributed by atoms with Gasteiger partial charge in [0.05, 0.1) is 19.3 Å². The Balaban J connectivity index is 1.64. The molecule has 0 N–H and O–H groups in total. The summed E-state index contributed by atoms with van der Waals surface area (Å²) < 4.78 is 10.9. The van der Waals surface area contributed by atoms with E-state index in [-0.39, 0.29) is 0 Å². The number of ether oxygens (including phenoxy) is 2. The number of hydrogen-bond acceptors (Lipinski definition) is 4. The first-order valence-electron chi connectivity index (χ1n) is 8.64. The molecule has 2 saturated heterocycles. The van der Waals surface area contributed by atoms with Crippen molar-refractivity contribution < 1.29 is 9.47 Å². The summed E-state index contributed by atoms with van der Waals surface area (Å²) in [4.78, 5) is 5.27. The fourth-order valence-electron chi connectivity index (χ4n) is 3.73. The molecular formula is C17H34N2O2. The molecule has 124 valence electrons. The van der Waals surface area contributed by atoms with Crippen LogP contribution in [0, 0.1) is 5.41 Å². The van der Waals surface area contributed by atoms with E-state index >= 15 is 0 Å². The third kappa shape index (κ3) is 6.23. The van der Waals surface area contributed by atoms with Crippen LogP contribution in [0.1, 0.15) is 39.5 Å². The Hall–Kier alpha value is -0.160. The molecule has 0 aromatic heterocycles. The second kappa shape index (κ2) is 8.47. The van der Waals surface area contributed by atoms with Gasteiger partial charge in [-0.3, -0.25) is 0 Å². The predicted molar refractivity (Wildman–Crippen MR) is 86.7 cm³/mol. The van der Waals surface area contributed by atoms with Crippen molar-refractivity contribution in [3.05, 3.63) is 0 Å². The standard InChI is InChI=1S/C17H34N2O2/c1-17(2,14-18-8-4-5-9-18)15-19-10-6-16(7-11-19)21-13-12-20-3/h16H,4-15H2,1-3H3. The molecule has 0 aliphatic carbocycles. The maximum absolute atomic E-state index is 5.85. The Morgan fingerprint density at radius 1 is 0.905 bits per heavy atom. The highest BCUT2D eigenvalue weighted by atomic mass is 16.5. The van der Waals surface area contributed by atoms with E-state index in [1.807, 2.05) is 0 Å². The molecule has 2 rings (SSSR count). The van der Waals surface area contributed by atoms with Crippen molar-refractivity contribution in [3.63, 3.8) is 0 Å². The lowest BCUT2D eigenvalue weighted by Gasteiger charge is -2.39. The smallest absolute Gasteiger partial charge is 0.0704 e. The number of hydrogen-bond donors (Lipinski definition) is 0. The Kier molecular flexibility index (Phi) is 6.93. The van der Waals surface area contributed by atoms with Gasteiger partial charge in [-0.2, -0.15) is 0 Å². The molecule has 0 spiro atoms. The minimum atomic E-state index is 0.397. The quantitative estimate of drug-likeness (QED) is 0.642. The fraction of sp³-hybridized carbons (Fsp3) is 1.00. The molecule has 4 nitrogen and oxygen atoms in total. The van der Waals surface area contributed by atoms with Crippen LogP contribution in [0.3, 0.4) is 0 Å². The molecule has 21 heavy (non-hydrogen) atoms. The van der Waals surface area contributed by atoms with Crippen molar-refractivity contribution in [3.8, 4) is 0 Å². The van der Waals surface area contributed by atoms with E-state index in [1.54, 1.807) is 7.11 Å². The Bertz CT molecular complexity index is 283. The average molecular weight is 298 g/mol. The number of nitrogens with zero attached hydrogens (tertiary/aromatic N) is 2. The summed E-state index contributed by atoms with van der Waals surface area (Å²) in [6.07, 6.45) is 5.56. The SMILES string of the molecule is COCCOC1CCN(CC(C)(C)CN2CCCC2)CC1. The first-order valence-corrected chi connectivity index (χ1v) is 8.64. The summed E-state index contributed by atoms with van der Waals surface area (Å²) in [5.74, 6) is 0. The highest BCUT2D eigenvalue weighted by Gasteiger charge is 2.28. The second-order valence-electron chi connectivity index (χ2n) is 7.49. The van der Waals surface area contributed by atoms with E-state index in [1.165, 1.54) is 65.0 Å². The summed E-state index contributed by atoms with van der Waals surface area (Å²) in [7, 11) is 1.73. The summed E-state index contributed by atoms with van der Waals surface area (Å²) in [5.41, 5.74) is 0.397. The lowest BCUT2D eigenvalue weighted by molar-refractivity contribution is -0.0204. The van der Waals surface area contributed by atoms with Crippen LogP contribution >= 0.6 is 0 Å². The highest BCUT2D eigenvalue weighted by Crippen LogP contribution is 2.24. The lowest BCUT2D eigenvalue weighted by Crippen LogP contribution is -2.45. The monoisotopic (exact) mass is 298 g/mol. The van der Waals surface area contributed by atoms with E-state index in [0.717, 1.165) is 6.61 Å². The average Bonchev–Trinajstić information content (AvgIpc) is 2.92. The van der Waals surface area contributed by atoms with Gasteiger partial charge in [-0.25, -0.2) is 0 Å². The molecule has 0 bridgehead atoms. The van der Waals surface area contributed by atoms with Crippen LogP contribution in [0.4, 0.5) is 0 Å². The van der Waals surface area contributed by atoms with Gasteiger partial charge in [0, 0.05) is 33.3 Å². The van der Waals surface area contributed by atoms with Crippen LogP contribution in [-0.2, 0) is 9.47 Å². The van der Waals surface area contributed by atoms with E-state index in [4.69, 9.17) is 9.47 Å². The molecular weight excluding hydrogens is 264 g/mol. The van der Waals surface area contributed by atoms with Gasteiger partial charge in [-0.15, -0.1) is 0 Å². The lowest BCUT2D eigenvalue weighted by atomic mass is 9.91. The minimum Gasteiger partial charge on any atom is -0.382 e. The van der Waals surface area contributed by atoms with Gasteiger partial charge in [0.25, 0.3) is 0 Å². The van der Waals surface area contributed by atoms with Crippen LogP contribution < -0.4 is 0 Å². The number of piperidine rings is 1. The summed E-state index contributed by atoms with van der Waals surface area (Å²) in [5, 5.41) is 0. The first-order chi connectivity index (χ1) is 10.1. The minimum absolute atomic E-state index is 0.397. The van der Waals surface area contributed by atoms with Crippen molar-refractivity contribution in [2.75, 3.05) is 59.6 Å². The maximum Gasteiger partial charge on any atom is 0.0704 e. The molecule has 2 heterocycles.